The van der Waals surface area contributed by atoms with Gasteiger partial charge in [-0.1, -0.05) is 24.8 Å². The summed E-state index contributed by atoms with van der Waals surface area (Å²) in [6, 6.07) is 8.75. The first-order valence-corrected chi connectivity index (χ1v) is 4.02. The largest absolute Gasteiger partial charge is 0.369 e. The lowest BCUT2D eigenvalue weighted by Gasteiger charge is -2.18. The SMILES string of the molecule is C=CC(=O)N(C(=N)N)c1ccccc1. The number of hydrogen-bond acceptors (Lipinski definition) is 2. The number of anilines is 1. The highest BCUT2D eigenvalue weighted by Crippen LogP contribution is 2.12. The number of nitrogens with two attached hydrogens (primary N) is 1. The lowest BCUT2D eigenvalue weighted by molar-refractivity contribution is -0.113. The van der Waals surface area contributed by atoms with Gasteiger partial charge in [0.15, 0.2) is 5.96 Å². The zero-order valence-corrected chi connectivity index (χ0v) is 7.60. The summed E-state index contributed by atoms with van der Waals surface area (Å²) >= 11 is 0. The maximum Gasteiger partial charge on any atom is 0.257 e. The third kappa shape index (κ3) is 1.98. The molecular weight excluding hydrogens is 178 g/mol. The van der Waals surface area contributed by atoms with Crippen LogP contribution < -0.4 is 10.6 Å². The van der Waals surface area contributed by atoms with Crippen LogP contribution in [0.1, 0.15) is 0 Å². The van der Waals surface area contributed by atoms with E-state index in [1.165, 1.54) is 0 Å². The van der Waals surface area contributed by atoms with Gasteiger partial charge in [-0.15, -0.1) is 0 Å². The fourth-order valence-electron chi connectivity index (χ4n) is 1.05. The molecule has 0 aliphatic heterocycles. The van der Waals surface area contributed by atoms with Crippen molar-refractivity contribution in [3.63, 3.8) is 0 Å². The van der Waals surface area contributed by atoms with Crippen LogP contribution in [0.5, 0.6) is 0 Å². The minimum Gasteiger partial charge on any atom is -0.369 e. The molecule has 0 aliphatic rings. The number of hydrogen-bond donors (Lipinski definition) is 2. The van der Waals surface area contributed by atoms with E-state index in [4.69, 9.17) is 11.1 Å². The molecule has 0 saturated carbocycles. The molecule has 14 heavy (non-hydrogen) atoms. The van der Waals surface area contributed by atoms with Gasteiger partial charge in [-0.05, 0) is 18.2 Å². The summed E-state index contributed by atoms with van der Waals surface area (Å²) in [6.45, 7) is 3.35. The maximum absolute atomic E-state index is 11.3. The van der Waals surface area contributed by atoms with Crippen LogP contribution in [0.4, 0.5) is 5.69 Å². The van der Waals surface area contributed by atoms with Crippen molar-refractivity contribution in [1.82, 2.24) is 0 Å². The number of carbonyl (C=O) groups excluding carboxylic acids is 1. The van der Waals surface area contributed by atoms with Gasteiger partial charge in [0.2, 0.25) is 0 Å². The first-order valence-electron chi connectivity index (χ1n) is 4.02. The second-order valence-electron chi connectivity index (χ2n) is 2.60. The Kier molecular flexibility index (Phi) is 3.01. The molecule has 0 saturated heterocycles. The van der Waals surface area contributed by atoms with Gasteiger partial charge < -0.3 is 5.73 Å². The average Bonchev–Trinajstić information content (AvgIpc) is 2.19. The van der Waals surface area contributed by atoms with Crippen LogP contribution in [-0.2, 0) is 4.79 Å². The fraction of sp³-hybridized carbons (Fsp3) is 0. The van der Waals surface area contributed by atoms with Crippen molar-refractivity contribution < 1.29 is 4.79 Å². The second kappa shape index (κ2) is 4.23. The van der Waals surface area contributed by atoms with Crippen LogP contribution in [-0.4, -0.2) is 11.9 Å². The third-order valence-electron chi connectivity index (χ3n) is 1.65. The van der Waals surface area contributed by atoms with Crippen LogP contribution in [0, 0.1) is 5.41 Å². The Balaban J connectivity index is 3.07. The van der Waals surface area contributed by atoms with Gasteiger partial charge in [-0.25, -0.2) is 4.90 Å². The zero-order valence-electron chi connectivity index (χ0n) is 7.60. The van der Waals surface area contributed by atoms with E-state index < -0.39 is 5.91 Å². The molecule has 0 atom stereocenters. The molecule has 0 radical (unpaired) electrons. The van der Waals surface area contributed by atoms with Gasteiger partial charge in [-0.3, -0.25) is 10.2 Å². The quantitative estimate of drug-likeness (QED) is 0.415. The molecule has 72 valence electrons. The highest BCUT2D eigenvalue weighted by atomic mass is 16.2. The molecule has 1 amide bonds. The lowest BCUT2D eigenvalue weighted by atomic mass is 10.3. The summed E-state index contributed by atoms with van der Waals surface area (Å²) in [7, 11) is 0. The first-order chi connectivity index (χ1) is 6.66. The van der Waals surface area contributed by atoms with Crippen molar-refractivity contribution in [2.24, 2.45) is 5.73 Å². The predicted molar refractivity (Wildman–Crippen MR) is 56.0 cm³/mol. The number of para-hydroxylation sites is 1. The molecule has 0 fully saturated rings. The van der Waals surface area contributed by atoms with Crippen LogP contribution >= 0.6 is 0 Å². The Morgan fingerprint density at radius 3 is 2.43 bits per heavy atom. The Hall–Kier alpha value is -2.10. The summed E-state index contributed by atoms with van der Waals surface area (Å²) in [5.41, 5.74) is 5.85. The van der Waals surface area contributed by atoms with Crippen molar-refractivity contribution in [3.05, 3.63) is 43.0 Å². The molecule has 0 heterocycles. The van der Waals surface area contributed by atoms with Gasteiger partial charge in [0.1, 0.15) is 0 Å². The molecule has 0 unspecified atom stereocenters. The standard InChI is InChI=1S/C10H11N3O/c1-2-9(14)13(10(11)12)8-6-4-3-5-7-8/h2-7H,1H2,(H3,11,12). The Morgan fingerprint density at radius 1 is 1.43 bits per heavy atom. The van der Waals surface area contributed by atoms with Gasteiger partial charge >= 0.3 is 0 Å². The summed E-state index contributed by atoms with van der Waals surface area (Å²) in [4.78, 5) is 12.4. The molecule has 3 N–H and O–H groups in total. The molecule has 0 aromatic heterocycles. The zero-order chi connectivity index (χ0) is 10.6. The van der Waals surface area contributed by atoms with E-state index in [1.54, 1.807) is 24.3 Å². The lowest BCUT2D eigenvalue weighted by Crippen LogP contribution is -2.40. The molecule has 1 aromatic rings. The van der Waals surface area contributed by atoms with E-state index in [-0.39, 0.29) is 5.96 Å². The van der Waals surface area contributed by atoms with Gasteiger partial charge in [0, 0.05) is 0 Å². The van der Waals surface area contributed by atoms with Crippen LogP contribution in [0.3, 0.4) is 0 Å². The van der Waals surface area contributed by atoms with Gasteiger partial charge in [-0.2, -0.15) is 0 Å². The smallest absolute Gasteiger partial charge is 0.257 e. The maximum atomic E-state index is 11.3. The van der Waals surface area contributed by atoms with E-state index in [0.717, 1.165) is 11.0 Å². The van der Waals surface area contributed by atoms with Crippen molar-refractivity contribution in [3.8, 4) is 0 Å². The summed E-state index contributed by atoms with van der Waals surface area (Å²) < 4.78 is 0. The molecular formula is C10H11N3O. The Labute approximate surface area is 82.1 Å². The van der Waals surface area contributed by atoms with Gasteiger partial charge in [0.05, 0.1) is 5.69 Å². The predicted octanol–water partition coefficient (Wildman–Crippen LogP) is 1.10. The number of amides is 1. The Morgan fingerprint density at radius 2 is 2.00 bits per heavy atom. The molecule has 0 aliphatic carbocycles. The number of rotatable bonds is 2. The second-order valence-corrected chi connectivity index (χ2v) is 2.60. The summed E-state index contributed by atoms with van der Waals surface area (Å²) in [6.07, 6.45) is 1.12. The van der Waals surface area contributed by atoms with Crippen molar-refractivity contribution in [2.45, 2.75) is 0 Å². The monoisotopic (exact) mass is 189 g/mol. The normalized spacial score (nSPS) is 9.14. The molecule has 4 heteroatoms. The van der Waals surface area contributed by atoms with E-state index in [2.05, 4.69) is 6.58 Å². The molecule has 4 nitrogen and oxygen atoms in total. The molecule has 0 spiro atoms. The van der Waals surface area contributed by atoms with E-state index in [1.807, 2.05) is 6.07 Å². The first kappa shape index (κ1) is 9.98. The average molecular weight is 189 g/mol. The highest BCUT2D eigenvalue weighted by Gasteiger charge is 2.14. The highest BCUT2D eigenvalue weighted by molar-refractivity contribution is 6.18. The van der Waals surface area contributed by atoms with E-state index >= 15 is 0 Å². The van der Waals surface area contributed by atoms with Gasteiger partial charge in [0.25, 0.3) is 5.91 Å². The fourth-order valence-corrected chi connectivity index (χ4v) is 1.05. The minimum atomic E-state index is -0.413. The van der Waals surface area contributed by atoms with Crippen LogP contribution in [0.2, 0.25) is 0 Å². The third-order valence-corrected chi connectivity index (χ3v) is 1.65. The number of nitrogens with one attached hydrogen (secondary N) is 1. The number of guanidine groups is 1. The van der Waals surface area contributed by atoms with E-state index in [9.17, 15) is 4.79 Å². The van der Waals surface area contributed by atoms with Crippen molar-refractivity contribution >= 4 is 17.6 Å². The van der Waals surface area contributed by atoms with Crippen molar-refractivity contribution in [2.75, 3.05) is 4.90 Å². The summed E-state index contributed by atoms with van der Waals surface area (Å²) in [5.74, 6) is -0.732. The number of carbonyl (C=O) groups is 1. The minimum absolute atomic E-state index is 0.318. The van der Waals surface area contributed by atoms with E-state index in [0.29, 0.717) is 5.69 Å². The molecule has 1 rings (SSSR count). The molecule has 1 aromatic carbocycles. The topological polar surface area (TPSA) is 70.2 Å². The van der Waals surface area contributed by atoms with Crippen molar-refractivity contribution in [1.29, 1.82) is 5.41 Å². The summed E-state index contributed by atoms with van der Waals surface area (Å²) in [5, 5.41) is 7.26. The molecule has 0 bridgehead atoms. The Bertz CT molecular complexity index is 359. The number of nitrogens with zero attached hydrogens (tertiary/aromatic N) is 1. The van der Waals surface area contributed by atoms with Crippen LogP contribution in [0.25, 0.3) is 0 Å². The van der Waals surface area contributed by atoms with Crippen LogP contribution in [0.15, 0.2) is 43.0 Å². The number of benzene rings is 1.